The quantitative estimate of drug-likeness (QED) is 0.281. The number of carboxylic acids is 1. The Morgan fingerprint density at radius 3 is 2.71 bits per heavy atom. The maximum Gasteiger partial charge on any atom is 0.360 e. The van der Waals surface area contributed by atoms with Crippen molar-refractivity contribution < 1.29 is 29.2 Å². The molecule has 3 atom stereocenters. The lowest BCUT2D eigenvalue weighted by atomic mass is 9.96. The summed E-state index contributed by atoms with van der Waals surface area (Å²) in [5, 5.41) is 28.2. The average Bonchev–Trinajstić information content (AvgIpc) is 3.26. The van der Waals surface area contributed by atoms with Gasteiger partial charge in [0.2, 0.25) is 5.91 Å². The number of benzene rings is 1. The first-order valence-corrected chi connectivity index (χ1v) is 10.1. The van der Waals surface area contributed by atoms with Crippen LogP contribution in [0.15, 0.2) is 30.5 Å². The normalized spacial score (nSPS) is 24.4. The third kappa shape index (κ3) is 3.83. The molecule has 1 amide bonds. The van der Waals surface area contributed by atoms with Crippen molar-refractivity contribution in [3.8, 4) is 0 Å². The summed E-state index contributed by atoms with van der Waals surface area (Å²) in [6.07, 6.45) is 1.52. The second-order valence-electron chi connectivity index (χ2n) is 7.39. The number of rotatable bonds is 7. The van der Waals surface area contributed by atoms with Gasteiger partial charge in [-0.25, -0.2) is 9.59 Å². The molecule has 2 aromatic rings. The number of non-ortho nitro benzene ring substituents is 1. The molecule has 0 spiro atoms. The number of carbonyl (C=O) groups excluding carboxylic acids is 2. The Kier molecular flexibility index (Phi) is 5.13. The average molecular weight is 447 g/mol. The fourth-order valence-electron chi connectivity index (χ4n) is 3.67. The largest absolute Gasteiger partial charge is 0.480 e. The molecule has 0 aliphatic carbocycles. The van der Waals surface area contributed by atoms with Gasteiger partial charge in [0.05, 0.1) is 34.2 Å². The monoisotopic (exact) mass is 447 g/mol. The van der Waals surface area contributed by atoms with Crippen molar-refractivity contribution in [3.63, 3.8) is 0 Å². The van der Waals surface area contributed by atoms with E-state index in [0.29, 0.717) is 12.0 Å². The summed E-state index contributed by atoms with van der Waals surface area (Å²) in [6, 6.07) is 4.58. The Hall–Kier alpha value is -3.48. The van der Waals surface area contributed by atoms with Crippen LogP contribution in [0.2, 0.25) is 0 Å². The number of nitrogens with zero attached hydrogens (tertiary/aromatic N) is 5. The minimum absolute atomic E-state index is 0.0558. The Labute approximate surface area is 179 Å². The summed E-state index contributed by atoms with van der Waals surface area (Å²) in [6.45, 7) is 1.72. The Bertz CT molecular complexity index is 1070. The highest BCUT2D eigenvalue weighted by atomic mass is 32.2. The van der Waals surface area contributed by atoms with Gasteiger partial charge in [0, 0.05) is 12.1 Å². The predicted octanol–water partition coefficient (Wildman–Crippen LogP) is 1.06. The maximum atomic E-state index is 12.3. The highest BCUT2D eigenvalue weighted by Gasteiger charge is 2.61. The van der Waals surface area contributed by atoms with Crippen LogP contribution in [-0.4, -0.2) is 63.9 Å². The highest BCUT2D eigenvalue weighted by molar-refractivity contribution is 8.01. The molecule has 2 aliphatic heterocycles. The minimum Gasteiger partial charge on any atom is -0.480 e. The van der Waals surface area contributed by atoms with Gasteiger partial charge in [0.25, 0.3) is 5.69 Å². The molecule has 1 N–H and O–H groups in total. The van der Waals surface area contributed by atoms with E-state index < -0.39 is 27.7 Å². The zero-order valence-electron chi connectivity index (χ0n) is 16.2. The molecule has 1 aromatic carbocycles. The van der Waals surface area contributed by atoms with Crippen molar-refractivity contribution in [2.75, 3.05) is 0 Å². The number of nitro benzene ring substituents is 1. The fourth-order valence-corrected chi connectivity index (χ4v) is 5.40. The van der Waals surface area contributed by atoms with E-state index in [4.69, 9.17) is 4.74 Å². The number of β-lactam (4-membered cyclic amide) rings is 1. The van der Waals surface area contributed by atoms with E-state index >= 15 is 0 Å². The van der Waals surface area contributed by atoms with E-state index in [-0.39, 0.29) is 35.8 Å². The summed E-state index contributed by atoms with van der Waals surface area (Å²) in [5.41, 5.74) is 0.446. The molecule has 12 nitrogen and oxygen atoms in total. The van der Waals surface area contributed by atoms with Crippen LogP contribution in [0, 0.1) is 10.1 Å². The second kappa shape index (κ2) is 7.65. The van der Waals surface area contributed by atoms with Gasteiger partial charge in [0.1, 0.15) is 12.6 Å². The van der Waals surface area contributed by atoms with Gasteiger partial charge in [-0.2, -0.15) is 9.90 Å². The number of aliphatic carboxylic acids is 1. The lowest BCUT2D eigenvalue weighted by molar-refractivity contribution is -0.384. The van der Waals surface area contributed by atoms with Crippen LogP contribution in [0.5, 0.6) is 0 Å². The minimum atomic E-state index is -1.10. The first-order valence-electron chi connectivity index (χ1n) is 9.20. The first-order chi connectivity index (χ1) is 14.7. The highest BCUT2D eigenvalue weighted by Crippen LogP contribution is 2.51. The van der Waals surface area contributed by atoms with Crippen LogP contribution in [0.4, 0.5) is 5.69 Å². The van der Waals surface area contributed by atoms with E-state index in [9.17, 15) is 29.6 Å². The number of thioether (sulfide) groups is 1. The van der Waals surface area contributed by atoms with Crippen molar-refractivity contribution in [2.45, 2.75) is 42.7 Å². The Morgan fingerprint density at radius 2 is 2.10 bits per heavy atom. The number of hydrogen-bond acceptors (Lipinski definition) is 9. The maximum absolute atomic E-state index is 12.3. The zero-order chi connectivity index (χ0) is 22.3. The summed E-state index contributed by atoms with van der Waals surface area (Å²) < 4.78 is 4.30. The van der Waals surface area contributed by atoms with Gasteiger partial charge in [-0.1, -0.05) is 0 Å². The molecule has 3 unspecified atom stereocenters. The molecule has 2 aliphatic rings. The SMILES string of the molecule is CC1(Cn2ncc(C(=O)OCc3ccc([N+](=O)[O-])cc3)n2)SC2CC(=O)N2C1C(=O)O. The van der Waals surface area contributed by atoms with Gasteiger partial charge < -0.3 is 14.7 Å². The molecule has 13 heteroatoms. The van der Waals surface area contributed by atoms with Crippen molar-refractivity contribution in [3.05, 3.63) is 51.8 Å². The van der Waals surface area contributed by atoms with Crippen molar-refractivity contribution in [2.24, 2.45) is 0 Å². The van der Waals surface area contributed by atoms with Crippen molar-refractivity contribution >= 4 is 35.3 Å². The van der Waals surface area contributed by atoms with E-state index in [2.05, 4.69) is 10.2 Å². The van der Waals surface area contributed by atoms with Gasteiger partial charge in [-0.15, -0.1) is 16.9 Å². The summed E-state index contributed by atoms with van der Waals surface area (Å²) in [7, 11) is 0. The standard InChI is InChI=1S/C18H17N5O7S/c1-18(15(16(25)26)22-13(24)6-14(22)31-18)9-21-19-7-12(20-21)17(27)30-8-10-2-4-11(5-3-10)23(28)29/h2-5,7,14-15H,6,8-9H2,1H3,(H,25,26). The van der Waals surface area contributed by atoms with Gasteiger partial charge in [0.15, 0.2) is 5.69 Å². The lowest BCUT2D eigenvalue weighted by Gasteiger charge is -2.36. The number of aromatic nitrogens is 3. The summed E-state index contributed by atoms with van der Waals surface area (Å²) in [5.74, 6) is -2.03. The molecule has 0 saturated carbocycles. The van der Waals surface area contributed by atoms with Crippen LogP contribution in [-0.2, 0) is 27.5 Å². The van der Waals surface area contributed by atoms with Crippen LogP contribution >= 0.6 is 11.8 Å². The van der Waals surface area contributed by atoms with Crippen LogP contribution in [0.1, 0.15) is 29.4 Å². The third-order valence-corrected chi connectivity index (χ3v) is 6.72. The number of fused-ring (bicyclic) bond motifs is 1. The molecular weight excluding hydrogens is 430 g/mol. The molecule has 2 saturated heterocycles. The molecule has 1 aromatic heterocycles. The number of amides is 1. The molecule has 2 fully saturated rings. The Morgan fingerprint density at radius 1 is 1.39 bits per heavy atom. The number of carbonyl (C=O) groups is 3. The lowest BCUT2D eigenvalue weighted by Crippen LogP contribution is -2.58. The molecule has 31 heavy (non-hydrogen) atoms. The number of carboxylic acid groups (broad SMARTS) is 1. The smallest absolute Gasteiger partial charge is 0.360 e. The van der Waals surface area contributed by atoms with E-state index in [1.807, 2.05) is 0 Å². The van der Waals surface area contributed by atoms with Gasteiger partial charge in [-0.3, -0.25) is 14.9 Å². The number of ether oxygens (including phenoxy) is 1. The van der Waals surface area contributed by atoms with E-state index in [1.54, 1.807) is 6.92 Å². The van der Waals surface area contributed by atoms with Gasteiger partial charge in [-0.05, 0) is 24.6 Å². The molecule has 3 heterocycles. The van der Waals surface area contributed by atoms with E-state index in [1.165, 1.54) is 51.9 Å². The Balaban J connectivity index is 1.39. The van der Waals surface area contributed by atoms with E-state index in [0.717, 1.165) is 0 Å². The number of hydrogen-bond donors (Lipinski definition) is 1. The molecule has 4 rings (SSSR count). The van der Waals surface area contributed by atoms with Crippen LogP contribution < -0.4 is 0 Å². The molecule has 0 radical (unpaired) electrons. The van der Waals surface area contributed by atoms with Crippen molar-refractivity contribution in [1.29, 1.82) is 0 Å². The zero-order valence-corrected chi connectivity index (χ0v) is 17.0. The summed E-state index contributed by atoms with van der Waals surface area (Å²) in [4.78, 5) is 48.6. The number of esters is 1. The first kappa shape index (κ1) is 20.8. The molecular formula is C18H17N5O7S. The van der Waals surface area contributed by atoms with Crippen LogP contribution in [0.25, 0.3) is 0 Å². The van der Waals surface area contributed by atoms with Crippen LogP contribution in [0.3, 0.4) is 0 Å². The third-order valence-electron chi connectivity index (χ3n) is 5.16. The van der Waals surface area contributed by atoms with Crippen molar-refractivity contribution in [1.82, 2.24) is 19.9 Å². The summed E-state index contributed by atoms with van der Waals surface area (Å²) >= 11 is 1.39. The topological polar surface area (TPSA) is 158 Å². The fraction of sp³-hybridized carbons (Fsp3) is 0.389. The second-order valence-corrected chi connectivity index (χ2v) is 9.10. The predicted molar refractivity (Wildman–Crippen MR) is 105 cm³/mol. The van der Waals surface area contributed by atoms with Gasteiger partial charge >= 0.3 is 11.9 Å². The number of nitro groups is 1. The molecule has 0 bridgehead atoms. The molecule has 162 valence electrons.